The lowest BCUT2D eigenvalue weighted by atomic mass is 10.1. The smallest absolute Gasteiger partial charge is 0.305 e. The van der Waals surface area contributed by atoms with Crippen molar-refractivity contribution in [3.8, 4) is 0 Å². The molecule has 1 N–H and O–H groups in total. The Morgan fingerprint density at radius 2 is 0.900 bits per heavy atom. The number of hydrogen-bond donors (Lipinski definition) is 1. The molecular formula is C26H52O4. The minimum Gasteiger partial charge on any atom is -0.481 e. The second-order valence-electron chi connectivity index (χ2n) is 8.42. The van der Waals surface area contributed by atoms with Gasteiger partial charge in [0.1, 0.15) is 0 Å². The lowest BCUT2D eigenvalue weighted by Crippen LogP contribution is -2.05. The molecule has 0 aromatic rings. The van der Waals surface area contributed by atoms with Crippen LogP contribution < -0.4 is 0 Å². The fourth-order valence-electron chi connectivity index (χ4n) is 3.25. The molecule has 4 nitrogen and oxygen atoms in total. The molecule has 0 unspecified atom stereocenters. The van der Waals surface area contributed by atoms with Crippen molar-refractivity contribution in [1.29, 1.82) is 0 Å². The summed E-state index contributed by atoms with van der Waals surface area (Å²) < 4.78 is 5.25. The van der Waals surface area contributed by atoms with Crippen LogP contribution in [0.1, 0.15) is 149 Å². The summed E-state index contributed by atoms with van der Waals surface area (Å²) in [6.07, 6.45) is 22.7. The maximum absolute atomic E-state index is 11.5. The van der Waals surface area contributed by atoms with Gasteiger partial charge in [-0.3, -0.25) is 9.59 Å². The van der Waals surface area contributed by atoms with Gasteiger partial charge in [-0.05, 0) is 19.3 Å². The third-order valence-electron chi connectivity index (χ3n) is 5.24. The van der Waals surface area contributed by atoms with Gasteiger partial charge in [0.15, 0.2) is 0 Å². The first-order valence-corrected chi connectivity index (χ1v) is 13.0. The number of hydrogen-bond acceptors (Lipinski definition) is 3. The van der Waals surface area contributed by atoms with E-state index in [0.29, 0.717) is 19.4 Å². The fourth-order valence-corrected chi connectivity index (χ4v) is 3.25. The molecule has 0 radical (unpaired) electrons. The minimum atomic E-state index is -0.670. The topological polar surface area (TPSA) is 63.6 Å². The number of ether oxygens (including phenoxy) is 1. The van der Waals surface area contributed by atoms with E-state index in [-0.39, 0.29) is 5.97 Å². The number of esters is 1. The first-order chi connectivity index (χ1) is 14.6. The second-order valence-corrected chi connectivity index (χ2v) is 8.42. The Morgan fingerprint density at radius 3 is 1.33 bits per heavy atom. The van der Waals surface area contributed by atoms with Crippen LogP contribution in [0, 0.1) is 0 Å². The van der Waals surface area contributed by atoms with Crippen molar-refractivity contribution in [3.63, 3.8) is 0 Å². The summed E-state index contributed by atoms with van der Waals surface area (Å²) in [5.41, 5.74) is 0. The summed E-state index contributed by atoms with van der Waals surface area (Å²) >= 11 is 0. The third kappa shape index (κ3) is 31.6. The standard InChI is InChI=1S/C18H36O2.C8H16O2/c1-3-5-7-9-11-12-14-16-18(19)20-17-15-13-10-8-6-4-2;1-2-3-4-5-6-7-8(9)10/h3-17H2,1-2H3;2-7H2,1H3,(H,9,10). The van der Waals surface area contributed by atoms with E-state index in [1.807, 2.05) is 0 Å². The summed E-state index contributed by atoms with van der Waals surface area (Å²) in [7, 11) is 0. The molecule has 0 aromatic carbocycles. The molecule has 0 bridgehead atoms. The highest BCUT2D eigenvalue weighted by Crippen LogP contribution is 2.09. The number of unbranched alkanes of at least 4 members (excludes halogenated alkanes) is 15. The highest BCUT2D eigenvalue weighted by molar-refractivity contribution is 5.69. The van der Waals surface area contributed by atoms with E-state index in [9.17, 15) is 9.59 Å². The Bertz CT molecular complexity index is 335. The van der Waals surface area contributed by atoms with Gasteiger partial charge in [-0.25, -0.2) is 0 Å². The van der Waals surface area contributed by atoms with E-state index in [1.165, 1.54) is 89.9 Å². The molecule has 0 aromatic heterocycles. The van der Waals surface area contributed by atoms with Crippen molar-refractivity contribution in [2.45, 2.75) is 149 Å². The summed E-state index contributed by atoms with van der Waals surface area (Å²) in [4.78, 5) is 21.5. The molecule has 0 aliphatic heterocycles. The zero-order valence-electron chi connectivity index (χ0n) is 20.5. The number of carboxylic acid groups (broad SMARTS) is 1. The van der Waals surface area contributed by atoms with Crippen molar-refractivity contribution < 1.29 is 19.4 Å². The summed E-state index contributed by atoms with van der Waals surface area (Å²) in [5.74, 6) is -0.663. The van der Waals surface area contributed by atoms with Crippen molar-refractivity contribution in [2.24, 2.45) is 0 Å². The van der Waals surface area contributed by atoms with Crippen LogP contribution in [0.25, 0.3) is 0 Å². The maximum atomic E-state index is 11.5. The molecule has 0 saturated heterocycles. The highest BCUT2D eigenvalue weighted by atomic mass is 16.5. The third-order valence-corrected chi connectivity index (χ3v) is 5.24. The van der Waals surface area contributed by atoms with Crippen LogP contribution >= 0.6 is 0 Å². The largest absolute Gasteiger partial charge is 0.481 e. The van der Waals surface area contributed by atoms with Crippen molar-refractivity contribution in [2.75, 3.05) is 6.61 Å². The van der Waals surface area contributed by atoms with Crippen molar-refractivity contribution in [3.05, 3.63) is 0 Å². The summed E-state index contributed by atoms with van der Waals surface area (Å²) in [6, 6.07) is 0. The van der Waals surface area contributed by atoms with Crippen LogP contribution in [-0.2, 0) is 14.3 Å². The zero-order valence-corrected chi connectivity index (χ0v) is 20.5. The van der Waals surface area contributed by atoms with Crippen LogP contribution in [0.5, 0.6) is 0 Å². The highest BCUT2D eigenvalue weighted by Gasteiger charge is 2.02. The average molecular weight is 429 g/mol. The van der Waals surface area contributed by atoms with Gasteiger partial charge in [0.05, 0.1) is 6.61 Å². The molecule has 180 valence electrons. The molecule has 0 amide bonds. The Labute approximate surface area is 187 Å². The van der Waals surface area contributed by atoms with Gasteiger partial charge < -0.3 is 9.84 Å². The molecule has 0 heterocycles. The van der Waals surface area contributed by atoms with E-state index in [0.717, 1.165) is 25.7 Å². The molecule has 0 aliphatic carbocycles. The molecule has 0 rings (SSSR count). The molecule has 0 spiro atoms. The Kier molecular flexibility index (Phi) is 29.0. The predicted molar refractivity (Wildman–Crippen MR) is 128 cm³/mol. The molecule has 0 atom stereocenters. The molecular weight excluding hydrogens is 376 g/mol. The number of carbonyl (C=O) groups is 2. The van der Waals surface area contributed by atoms with Crippen molar-refractivity contribution >= 4 is 11.9 Å². The van der Waals surface area contributed by atoms with Crippen LogP contribution in [-0.4, -0.2) is 23.7 Å². The van der Waals surface area contributed by atoms with Gasteiger partial charge in [-0.2, -0.15) is 0 Å². The molecule has 30 heavy (non-hydrogen) atoms. The predicted octanol–water partition coefficient (Wildman–Crippen LogP) is 8.46. The molecule has 4 heteroatoms. The van der Waals surface area contributed by atoms with E-state index >= 15 is 0 Å². The van der Waals surface area contributed by atoms with Gasteiger partial charge in [0.25, 0.3) is 0 Å². The lowest BCUT2D eigenvalue weighted by molar-refractivity contribution is -0.144. The van der Waals surface area contributed by atoms with E-state index in [2.05, 4.69) is 20.8 Å². The molecule has 0 saturated carbocycles. The lowest BCUT2D eigenvalue weighted by Gasteiger charge is -2.05. The Hall–Kier alpha value is -1.06. The van der Waals surface area contributed by atoms with Crippen LogP contribution in [0.15, 0.2) is 0 Å². The van der Waals surface area contributed by atoms with Gasteiger partial charge in [-0.1, -0.05) is 117 Å². The van der Waals surface area contributed by atoms with Crippen LogP contribution in [0.3, 0.4) is 0 Å². The summed E-state index contributed by atoms with van der Waals surface area (Å²) in [5, 5.41) is 8.27. The van der Waals surface area contributed by atoms with E-state index in [4.69, 9.17) is 9.84 Å². The first kappa shape index (κ1) is 31.1. The SMILES string of the molecule is CCCCCCCC(=O)O.CCCCCCCCCC(=O)OCCCCCCCC. The van der Waals surface area contributed by atoms with Gasteiger partial charge in [0.2, 0.25) is 0 Å². The number of aliphatic carboxylic acids is 1. The van der Waals surface area contributed by atoms with Crippen LogP contribution in [0.4, 0.5) is 0 Å². The van der Waals surface area contributed by atoms with E-state index in [1.54, 1.807) is 0 Å². The first-order valence-electron chi connectivity index (χ1n) is 13.0. The molecule has 0 aliphatic rings. The number of carbonyl (C=O) groups excluding carboxylic acids is 1. The van der Waals surface area contributed by atoms with Gasteiger partial charge in [-0.15, -0.1) is 0 Å². The van der Waals surface area contributed by atoms with Gasteiger partial charge >= 0.3 is 11.9 Å². The monoisotopic (exact) mass is 428 g/mol. The quantitative estimate of drug-likeness (QED) is 0.147. The number of carboxylic acids is 1. The summed E-state index contributed by atoms with van der Waals surface area (Å²) in [6.45, 7) is 7.24. The van der Waals surface area contributed by atoms with Crippen LogP contribution in [0.2, 0.25) is 0 Å². The maximum Gasteiger partial charge on any atom is 0.305 e. The van der Waals surface area contributed by atoms with Crippen molar-refractivity contribution in [1.82, 2.24) is 0 Å². The zero-order chi connectivity index (χ0) is 22.7. The molecule has 0 fully saturated rings. The second kappa shape index (κ2) is 27.9. The van der Waals surface area contributed by atoms with E-state index < -0.39 is 5.97 Å². The average Bonchev–Trinajstić information content (AvgIpc) is 2.72. The van der Waals surface area contributed by atoms with Gasteiger partial charge in [0, 0.05) is 12.8 Å². The Balaban J connectivity index is 0. The fraction of sp³-hybridized carbons (Fsp3) is 0.923. The minimum absolute atomic E-state index is 0.00659. The Morgan fingerprint density at radius 1 is 0.533 bits per heavy atom. The normalized spacial score (nSPS) is 10.4. The number of rotatable bonds is 21.